The molecular formula is C15H19N3O. The fourth-order valence-electron chi connectivity index (χ4n) is 2.76. The van der Waals surface area contributed by atoms with Crippen molar-refractivity contribution in [1.82, 2.24) is 15.5 Å². The van der Waals surface area contributed by atoms with E-state index in [9.17, 15) is 0 Å². The second-order valence-corrected chi connectivity index (χ2v) is 4.86. The van der Waals surface area contributed by atoms with E-state index in [2.05, 4.69) is 33.7 Å². The summed E-state index contributed by atoms with van der Waals surface area (Å²) in [5.74, 6) is 0. The number of fused-ring (bicyclic) bond motifs is 1. The van der Waals surface area contributed by atoms with Gasteiger partial charge >= 0.3 is 0 Å². The summed E-state index contributed by atoms with van der Waals surface area (Å²) in [6, 6.07) is 6.48. The number of benzene rings is 1. The van der Waals surface area contributed by atoms with E-state index in [-0.39, 0.29) is 6.10 Å². The number of aromatic amines is 1. The maximum Gasteiger partial charge on any atom is 0.0840 e. The Labute approximate surface area is 113 Å². The van der Waals surface area contributed by atoms with E-state index in [1.165, 1.54) is 16.7 Å². The normalized spacial score (nSPS) is 18.3. The predicted molar refractivity (Wildman–Crippen MR) is 75.0 cm³/mol. The highest BCUT2D eigenvalue weighted by atomic mass is 16.5. The molecule has 0 spiro atoms. The Balaban J connectivity index is 1.97. The summed E-state index contributed by atoms with van der Waals surface area (Å²) in [5.41, 5.74) is 5.19. The standard InChI is InChI=1S/C15H19N3O/c1-16-7-5-15-14-4-2-3-12(11-9-17-18-10-11)13(14)6-8-19-15/h2-4,9-10,15-16H,5-8H2,1H3,(H,17,18)/t15-/m0/s1. The molecule has 19 heavy (non-hydrogen) atoms. The lowest BCUT2D eigenvalue weighted by molar-refractivity contribution is 0.0373. The highest BCUT2D eigenvalue weighted by Gasteiger charge is 2.22. The maximum atomic E-state index is 5.92. The number of hydrogen-bond acceptors (Lipinski definition) is 3. The van der Waals surface area contributed by atoms with E-state index in [0.717, 1.165) is 31.6 Å². The van der Waals surface area contributed by atoms with Crippen molar-refractivity contribution in [2.75, 3.05) is 20.2 Å². The molecule has 2 aromatic rings. The van der Waals surface area contributed by atoms with Gasteiger partial charge in [-0.2, -0.15) is 5.10 Å². The lowest BCUT2D eigenvalue weighted by Gasteiger charge is -2.27. The van der Waals surface area contributed by atoms with E-state index in [1.807, 2.05) is 19.4 Å². The highest BCUT2D eigenvalue weighted by Crippen LogP contribution is 2.35. The van der Waals surface area contributed by atoms with Gasteiger partial charge in [0.2, 0.25) is 0 Å². The van der Waals surface area contributed by atoms with Crippen LogP contribution in [-0.2, 0) is 11.2 Å². The number of ether oxygens (including phenoxy) is 1. The Bertz CT molecular complexity index is 536. The van der Waals surface area contributed by atoms with Crippen LogP contribution in [-0.4, -0.2) is 30.4 Å². The molecule has 2 heterocycles. The molecule has 1 aliphatic rings. The molecule has 0 bridgehead atoms. The first-order chi connectivity index (χ1) is 9.40. The third-order valence-corrected chi connectivity index (χ3v) is 3.70. The fourth-order valence-corrected chi connectivity index (χ4v) is 2.76. The number of aromatic nitrogens is 2. The van der Waals surface area contributed by atoms with E-state index in [1.54, 1.807) is 0 Å². The van der Waals surface area contributed by atoms with E-state index in [4.69, 9.17) is 4.74 Å². The van der Waals surface area contributed by atoms with Crippen LogP contribution in [0, 0.1) is 0 Å². The fraction of sp³-hybridized carbons (Fsp3) is 0.400. The number of H-pyrrole nitrogens is 1. The van der Waals surface area contributed by atoms with Gasteiger partial charge in [-0.3, -0.25) is 5.10 Å². The first-order valence-corrected chi connectivity index (χ1v) is 6.77. The van der Waals surface area contributed by atoms with Gasteiger partial charge in [-0.05, 0) is 43.1 Å². The second kappa shape index (κ2) is 5.55. The number of nitrogens with zero attached hydrogens (tertiary/aromatic N) is 1. The molecule has 0 amide bonds. The first-order valence-electron chi connectivity index (χ1n) is 6.77. The third-order valence-electron chi connectivity index (χ3n) is 3.70. The lowest BCUT2D eigenvalue weighted by Crippen LogP contribution is -2.21. The van der Waals surface area contributed by atoms with Crippen LogP contribution in [0.2, 0.25) is 0 Å². The minimum atomic E-state index is 0.211. The molecular weight excluding hydrogens is 238 g/mol. The summed E-state index contributed by atoms with van der Waals surface area (Å²) < 4.78 is 5.92. The minimum absolute atomic E-state index is 0.211. The van der Waals surface area contributed by atoms with Gasteiger partial charge in [-0.1, -0.05) is 18.2 Å². The van der Waals surface area contributed by atoms with E-state index in [0.29, 0.717) is 0 Å². The summed E-state index contributed by atoms with van der Waals surface area (Å²) >= 11 is 0. The van der Waals surface area contributed by atoms with Crippen molar-refractivity contribution in [2.24, 2.45) is 0 Å². The van der Waals surface area contributed by atoms with Gasteiger partial charge < -0.3 is 10.1 Å². The topological polar surface area (TPSA) is 49.9 Å². The molecule has 100 valence electrons. The van der Waals surface area contributed by atoms with Crippen LogP contribution in [0.3, 0.4) is 0 Å². The Morgan fingerprint density at radius 1 is 1.47 bits per heavy atom. The van der Waals surface area contributed by atoms with Gasteiger partial charge in [0, 0.05) is 11.8 Å². The zero-order chi connectivity index (χ0) is 13.1. The van der Waals surface area contributed by atoms with Crippen molar-refractivity contribution in [2.45, 2.75) is 18.9 Å². The summed E-state index contributed by atoms with van der Waals surface area (Å²) in [6.07, 6.45) is 6.04. The van der Waals surface area contributed by atoms with E-state index >= 15 is 0 Å². The average molecular weight is 257 g/mol. The maximum absolute atomic E-state index is 5.92. The zero-order valence-electron chi connectivity index (χ0n) is 11.1. The summed E-state index contributed by atoms with van der Waals surface area (Å²) in [4.78, 5) is 0. The Morgan fingerprint density at radius 3 is 3.21 bits per heavy atom. The van der Waals surface area contributed by atoms with Crippen molar-refractivity contribution < 1.29 is 4.74 Å². The van der Waals surface area contributed by atoms with Crippen molar-refractivity contribution >= 4 is 0 Å². The van der Waals surface area contributed by atoms with Crippen LogP contribution in [0.4, 0.5) is 0 Å². The Kier molecular flexibility index (Phi) is 3.62. The summed E-state index contributed by atoms with van der Waals surface area (Å²) in [6.45, 7) is 1.77. The molecule has 1 aromatic heterocycles. The van der Waals surface area contributed by atoms with Crippen LogP contribution in [0.1, 0.15) is 23.7 Å². The molecule has 1 aliphatic heterocycles. The number of nitrogens with one attached hydrogen (secondary N) is 2. The minimum Gasteiger partial charge on any atom is -0.373 e. The SMILES string of the molecule is CNCC[C@@H]1OCCc2c(-c3cn[nH]c3)cccc21. The van der Waals surface area contributed by atoms with Gasteiger partial charge in [-0.15, -0.1) is 0 Å². The molecule has 0 fully saturated rings. The van der Waals surface area contributed by atoms with Gasteiger partial charge in [0.15, 0.2) is 0 Å². The van der Waals surface area contributed by atoms with E-state index < -0.39 is 0 Å². The number of hydrogen-bond donors (Lipinski definition) is 2. The highest BCUT2D eigenvalue weighted by molar-refractivity contribution is 5.68. The largest absolute Gasteiger partial charge is 0.373 e. The van der Waals surface area contributed by atoms with Crippen LogP contribution >= 0.6 is 0 Å². The first kappa shape index (κ1) is 12.4. The molecule has 4 nitrogen and oxygen atoms in total. The molecule has 1 atom stereocenters. The van der Waals surface area contributed by atoms with Gasteiger partial charge in [0.1, 0.15) is 0 Å². The third kappa shape index (κ3) is 2.41. The predicted octanol–water partition coefficient (Wildman–Crippen LogP) is 2.30. The second-order valence-electron chi connectivity index (χ2n) is 4.86. The van der Waals surface area contributed by atoms with Crippen LogP contribution in [0.15, 0.2) is 30.6 Å². The summed E-state index contributed by atoms with van der Waals surface area (Å²) in [7, 11) is 1.98. The van der Waals surface area contributed by atoms with Gasteiger partial charge in [0.25, 0.3) is 0 Å². The van der Waals surface area contributed by atoms with Crippen LogP contribution < -0.4 is 5.32 Å². The molecule has 1 aromatic carbocycles. The zero-order valence-corrected chi connectivity index (χ0v) is 11.1. The van der Waals surface area contributed by atoms with Crippen molar-refractivity contribution in [3.05, 3.63) is 41.7 Å². The van der Waals surface area contributed by atoms with Crippen molar-refractivity contribution in [3.8, 4) is 11.1 Å². The Morgan fingerprint density at radius 2 is 2.42 bits per heavy atom. The molecule has 2 N–H and O–H groups in total. The summed E-state index contributed by atoms with van der Waals surface area (Å²) in [5, 5.41) is 10.1. The van der Waals surface area contributed by atoms with Crippen molar-refractivity contribution in [3.63, 3.8) is 0 Å². The van der Waals surface area contributed by atoms with Crippen LogP contribution in [0.25, 0.3) is 11.1 Å². The quantitative estimate of drug-likeness (QED) is 0.883. The lowest BCUT2D eigenvalue weighted by atomic mass is 9.89. The average Bonchev–Trinajstić information content (AvgIpc) is 2.98. The van der Waals surface area contributed by atoms with Crippen molar-refractivity contribution in [1.29, 1.82) is 0 Å². The molecule has 0 saturated heterocycles. The monoisotopic (exact) mass is 257 g/mol. The van der Waals surface area contributed by atoms with Crippen LogP contribution in [0.5, 0.6) is 0 Å². The molecule has 0 unspecified atom stereocenters. The molecule has 4 heteroatoms. The molecule has 0 radical (unpaired) electrons. The Hall–Kier alpha value is -1.65. The molecule has 0 aliphatic carbocycles. The van der Waals surface area contributed by atoms with Gasteiger partial charge in [-0.25, -0.2) is 0 Å². The number of rotatable bonds is 4. The molecule has 3 rings (SSSR count). The smallest absolute Gasteiger partial charge is 0.0840 e. The van der Waals surface area contributed by atoms with Gasteiger partial charge in [0.05, 0.1) is 18.9 Å². The molecule has 0 saturated carbocycles.